The maximum atomic E-state index is 11.2. The summed E-state index contributed by atoms with van der Waals surface area (Å²) in [6, 6.07) is 0. The van der Waals surface area contributed by atoms with Crippen LogP contribution in [0.3, 0.4) is 0 Å². The second-order valence-corrected chi connectivity index (χ2v) is 2.96. The van der Waals surface area contributed by atoms with Gasteiger partial charge in [0.1, 0.15) is 5.78 Å². The molecule has 0 amide bonds. The highest BCUT2D eigenvalue weighted by Gasteiger charge is 2.39. The zero-order valence-corrected chi connectivity index (χ0v) is 7.49. The van der Waals surface area contributed by atoms with Crippen molar-refractivity contribution in [3.8, 4) is 0 Å². The van der Waals surface area contributed by atoms with Gasteiger partial charge in [0.2, 0.25) is 0 Å². The van der Waals surface area contributed by atoms with E-state index in [0.717, 1.165) is 0 Å². The average molecular weight is 189 g/mol. The summed E-state index contributed by atoms with van der Waals surface area (Å²) in [6.45, 7) is 1.55. The van der Waals surface area contributed by atoms with Gasteiger partial charge in [-0.2, -0.15) is 0 Å². The van der Waals surface area contributed by atoms with Crippen LogP contribution in [-0.4, -0.2) is 29.1 Å². The summed E-state index contributed by atoms with van der Waals surface area (Å²) in [7, 11) is 0. The van der Waals surface area contributed by atoms with Gasteiger partial charge in [-0.05, 0) is 6.54 Å². The molecule has 0 aromatic rings. The minimum Gasteiger partial charge on any atom is -0.479 e. The Labute approximate surface area is 76.1 Å². The lowest BCUT2D eigenvalue weighted by molar-refractivity contribution is -0.148. The number of carbonyl (C=O) groups is 2. The second kappa shape index (κ2) is 4.31. The number of nitrogens with two attached hydrogens (primary N) is 3. The van der Waals surface area contributed by atoms with Crippen LogP contribution in [-0.2, 0) is 9.59 Å². The Balaban J connectivity index is 4.48. The fourth-order valence-electron chi connectivity index (χ4n) is 0.810. The van der Waals surface area contributed by atoms with Gasteiger partial charge in [-0.3, -0.25) is 4.79 Å². The maximum absolute atomic E-state index is 11.2. The highest BCUT2D eigenvalue weighted by molar-refractivity contribution is 5.90. The molecule has 0 aliphatic carbocycles. The summed E-state index contributed by atoms with van der Waals surface area (Å²) in [6.07, 6.45) is 0.0879. The highest BCUT2D eigenvalue weighted by Crippen LogP contribution is 2.11. The van der Waals surface area contributed by atoms with Crippen molar-refractivity contribution in [3.63, 3.8) is 0 Å². The molecule has 0 aliphatic heterocycles. The van der Waals surface area contributed by atoms with E-state index in [2.05, 4.69) is 0 Å². The number of hydrogen-bond donors (Lipinski definition) is 4. The Kier molecular flexibility index (Phi) is 3.99. The highest BCUT2D eigenvalue weighted by atomic mass is 16.4. The molecule has 0 aromatic heterocycles. The number of hydrogen-bond acceptors (Lipinski definition) is 5. The third kappa shape index (κ3) is 2.76. The second-order valence-electron chi connectivity index (χ2n) is 2.96. The van der Waals surface area contributed by atoms with Crippen LogP contribution in [0.1, 0.15) is 13.3 Å². The van der Waals surface area contributed by atoms with Gasteiger partial charge >= 0.3 is 5.97 Å². The number of carboxylic acid groups (broad SMARTS) is 1. The smallest absolute Gasteiger partial charge is 0.339 e. The molecule has 1 atom stereocenters. The third-order valence-electron chi connectivity index (χ3n) is 1.96. The molecular formula is C7H15N3O3. The lowest BCUT2D eigenvalue weighted by Crippen LogP contribution is -2.63. The number of Topliss-reactive ketones (excluding diaryl/α,β-unsaturated/α-hetero) is 1. The van der Waals surface area contributed by atoms with Gasteiger partial charge in [0.15, 0.2) is 5.66 Å². The van der Waals surface area contributed by atoms with Crippen molar-refractivity contribution in [2.75, 3.05) is 6.54 Å². The minimum atomic E-state index is -2.01. The first kappa shape index (κ1) is 12.0. The minimum absolute atomic E-state index is 0.0879. The van der Waals surface area contributed by atoms with Gasteiger partial charge < -0.3 is 22.3 Å². The van der Waals surface area contributed by atoms with E-state index in [1.807, 2.05) is 0 Å². The summed E-state index contributed by atoms with van der Waals surface area (Å²) in [4.78, 5) is 21.7. The van der Waals surface area contributed by atoms with Crippen molar-refractivity contribution in [3.05, 3.63) is 0 Å². The van der Waals surface area contributed by atoms with Gasteiger partial charge in [-0.1, -0.05) is 6.92 Å². The van der Waals surface area contributed by atoms with E-state index in [1.54, 1.807) is 0 Å². The molecule has 7 N–H and O–H groups in total. The molecule has 0 aromatic carbocycles. The molecule has 0 rings (SSSR count). The molecule has 0 spiro atoms. The van der Waals surface area contributed by atoms with E-state index in [4.69, 9.17) is 22.3 Å². The van der Waals surface area contributed by atoms with Gasteiger partial charge in [-0.15, -0.1) is 0 Å². The summed E-state index contributed by atoms with van der Waals surface area (Å²) < 4.78 is 0. The molecular weight excluding hydrogens is 174 g/mol. The first-order valence-electron chi connectivity index (χ1n) is 3.88. The molecule has 0 saturated carbocycles. The van der Waals surface area contributed by atoms with Crippen LogP contribution in [0.4, 0.5) is 0 Å². The Hall–Kier alpha value is -0.980. The zero-order valence-electron chi connectivity index (χ0n) is 7.49. The number of ketones is 1. The predicted molar refractivity (Wildman–Crippen MR) is 46.6 cm³/mol. The molecule has 6 heteroatoms. The summed E-state index contributed by atoms with van der Waals surface area (Å²) >= 11 is 0. The van der Waals surface area contributed by atoms with Crippen LogP contribution in [0.15, 0.2) is 0 Å². The fraction of sp³-hybridized carbons (Fsp3) is 0.714. The summed E-state index contributed by atoms with van der Waals surface area (Å²) in [5.41, 5.74) is 13.6. The van der Waals surface area contributed by atoms with Crippen molar-refractivity contribution in [2.45, 2.75) is 19.0 Å². The molecule has 0 bridgehead atoms. The van der Waals surface area contributed by atoms with Crippen molar-refractivity contribution in [1.29, 1.82) is 0 Å². The predicted octanol–water partition coefficient (Wildman–Crippen LogP) is -1.76. The molecule has 0 heterocycles. The first-order valence-corrected chi connectivity index (χ1v) is 3.88. The Bertz CT molecular complexity index is 215. The first-order chi connectivity index (χ1) is 5.84. The van der Waals surface area contributed by atoms with Crippen LogP contribution in [0, 0.1) is 5.92 Å². The number of carbonyl (C=O) groups excluding carboxylic acids is 1. The zero-order chi connectivity index (χ0) is 10.6. The summed E-state index contributed by atoms with van der Waals surface area (Å²) in [5.74, 6) is -2.67. The molecule has 0 aliphatic rings. The number of carboxylic acids is 1. The van der Waals surface area contributed by atoms with Crippen molar-refractivity contribution in [2.24, 2.45) is 23.1 Å². The molecule has 6 nitrogen and oxygen atoms in total. The molecule has 76 valence electrons. The normalized spacial score (nSPS) is 13.8. The van der Waals surface area contributed by atoms with Crippen LogP contribution in [0.5, 0.6) is 0 Å². The SMILES string of the molecule is CC(C(=O)CCN)C(N)(N)C(=O)O. The standard InChI is InChI=1S/C7H15N3O3/c1-4(5(11)2-3-8)7(9,10)6(12)13/h4H,2-3,8-10H2,1H3,(H,12,13). The van der Waals surface area contributed by atoms with Crippen molar-refractivity contribution >= 4 is 11.8 Å². The molecule has 0 fully saturated rings. The van der Waals surface area contributed by atoms with E-state index in [-0.39, 0.29) is 18.7 Å². The van der Waals surface area contributed by atoms with E-state index < -0.39 is 17.6 Å². The Morgan fingerprint density at radius 3 is 2.23 bits per heavy atom. The van der Waals surface area contributed by atoms with Crippen LogP contribution >= 0.6 is 0 Å². The van der Waals surface area contributed by atoms with E-state index in [0.29, 0.717) is 0 Å². The maximum Gasteiger partial charge on any atom is 0.339 e. The van der Waals surface area contributed by atoms with Crippen molar-refractivity contribution < 1.29 is 14.7 Å². The monoisotopic (exact) mass is 189 g/mol. The Morgan fingerprint density at radius 2 is 1.92 bits per heavy atom. The fourth-order valence-corrected chi connectivity index (χ4v) is 0.810. The van der Waals surface area contributed by atoms with E-state index >= 15 is 0 Å². The molecule has 0 radical (unpaired) electrons. The van der Waals surface area contributed by atoms with Crippen LogP contribution in [0.25, 0.3) is 0 Å². The van der Waals surface area contributed by atoms with Gasteiger partial charge in [0.05, 0.1) is 5.92 Å². The Morgan fingerprint density at radius 1 is 1.46 bits per heavy atom. The molecule has 0 saturated heterocycles. The average Bonchev–Trinajstić information content (AvgIpc) is 2.03. The van der Waals surface area contributed by atoms with Crippen LogP contribution < -0.4 is 17.2 Å². The molecule has 1 unspecified atom stereocenters. The topological polar surface area (TPSA) is 132 Å². The van der Waals surface area contributed by atoms with E-state index in [1.165, 1.54) is 6.92 Å². The summed E-state index contributed by atoms with van der Waals surface area (Å²) in [5, 5.41) is 8.60. The lowest BCUT2D eigenvalue weighted by Gasteiger charge is -2.25. The van der Waals surface area contributed by atoms with Crippen molar-refractivity contribution in [1.82, 2.24) is 0 Å². The largest absolute Gasteiger partial charge is 0.479 e. The van der Waals surface area contributed by atoms with Crippen LogP contribution in [0.2, 0.25) is 0 Å². The molecule has 13 heavy (non-hydrogen) atoms. The quantitative estimate of drug-likeness (QED) is 0.379. The number of rotatable bonds is 5. The lowest BCUT2D eigenvalue weighted by atomic mass is 9.90. The number of aliphatic carboxylic acids is 1. The third-order valence-corrected chi connectivity index (χ3v) is 1.96. The van der Waals surface area contributed by atoms with Gasteiger partial charge in [0.25, 0.3) is 0 Å². The van der Waals surface area contributed by atoms with E-state index in [9.17, 15) is 9.59 Å². The van der Waals surface area contributed by atoms with Gasteiger partial charge in [0, 0.05) is 6.42 Å². The van der Waals surface area contributed by atoms with Gasteiger partial charge in [-0.25, -0.2) is 4.79 Å².